The van der Waals surface area contributed by atoms with Crippen LogP contribution in [-0.2, 0) is 441 Å². The van der Waals surface area contributed by atoms with Crippen molar-refractivity contribution >= 4 is 83.2 Å². The first-order valence-corrected chi connectivity index (χ1v) is 16.0. The maximum absolute atomic E-state index is 8.52. The van der Waals surface area contributed by atoms with E-state index in [-0.39, 0.29) is 358 Å². The van der Waals surface area contributed by atoms with E-state index in [1.165, 1.54) is 0 Å². The van der Waals surface area contributed by atoms with Crippen molar-refractivity contribution in [3.05, 3.63) is 0 Å². The Balaban J connectivity index is -0.00000000913. The molecule has 0 amide bonds. The standard InChI is InChI=1S/16Ag.8H2O4S/c;;;;;;;;;;;;;;;;8*1-5(2,3)4/h;;;;;;;;;;;;;;;;8*(H2,1,2,3,4)/q16*+1;;;;;;;;/p-16. The van der Waals surface area contributed by atoms with Gasteiger partial charge in [0.05, 0.1) is 0 Å². The van der Waals surface area contributed by atoms with Crippen LogP contribution < -0.4 is 0 Å². The second-order valence-corrected chi connectivity index (χ2v) is 9.80. The minimum atomic E-state index is -5.17. The summed E-state index contributed by atoms with van der Waals surface area (Å²) in [4.78, 5) is 0. The van der Waals surface area contributed by atoms with Crippen molar-refractivity contribution in [3.8, 4) is 0 Å². The van der Waals surface area contributed by atoms with Crippen LogP contribution in [0.3, 0.4) is 0 Å². The maximum atomic E-state index is 8.52. The first-order chi connectivity index (χ1) is 16.0. The second kappa shape index (κ2) is 79.9. The third kappa shape index (κ3) is 2260. The summed E-state index contributed by atoms with van der Waals surface area (Å²) in [6.07, 6.45) is 0. The van der Waals surface area contributed by atoms with Crippen molar-refractivity contribution in [2.24, 2.45) is 0 Å². The normalized spacial score (nSPS) is 8.29. The Morgan fingerprint density at radius 3 is 0.125 bits per heavy atom. The largest absolute Gasteiger partial charge is 1.00 e. The van der Waals surface area contributed by atoms with Crippen molar-refractivity contribution in [2.45, 2.75) is 0 Å². The molecule has 0 aliphatic heterocycles. The first kappa shape index (κ1) is 158. The molecule has 56 heteroatoms. The first-order valence-electron chi connectivity index (χ1n) is 5.33. The fourth-order valence-electron chi connectivity index (χ4n) is 0. The van der Waals surface area contributed by atoms with Gasteiger partial charge in [0, 0.05) is 83.2 Å². The van der Waals surface area contributed by atoms with Crippen LogP contribution in [0.1, 0.15) is 0 Å². The molecule has 0 heterocycles. The van der Waals surface area contributed by atoms with E-state index in [2.05, 4.69) is 0 Å². The zero-order valence-electron chi connectivity index (χ0n) is 21.2. The Morgan fingerprint density at radius 2 is 0.125 bits per heavy atom. The van der Waals surface area contributed by atoms with Gasteiger partial charge in [0.15, 0.2) is 0 Å². The topological polar surface area (TPSA) is 642 Å². The number of hydrogen-bond acceptors (Lipinski definition) is 32. The van der Waals surface area contributed by atoms with Crippen LogP contribution in [0, 0.1) is 0 Å². The summed E-state index contributed by atoms with van der Waals surface area (Å²) in [7, 11) is -41.3. The van der Waals surface area contributed by atoms with Crippen molar-refractivity contribution in [2.75, 3.05) is 0 Å². The van der Waals surface area contributed by atoms with Crippen molar-refractivity contribution < 1.29 is 498 Å². The molecular formula is Ag16O32S8. The maximum Gasteiger partial charge on any atom is 1.00 e. The predicted octanol–water partition coefficient (Wildman–Crippen LogP) is -10.7. The summed E-state index contributed by atoms with van der Waals surface area (Å²) in [6.45, 7) is 0. The molecule has 32 nitrogen and oxygen atoms in total. The molecule has 56 heavy (non-hydrogen) atoms. The van der Waals surface area contributed by atoms with Gasteiger partial charge in [-0.1, -0.05) is 0 Å². The number of rotatable bonds is 0. The van der Waals surface area contributed by atoms with E-state index in [1.54, 1.807) is 0 Å². The monoisotopic (exact) mass is 2480 g/mol. The zero-order valence-corrected chi connectivity index (χ0v) is 51.4. The van der Waals surface area contributed by atoms with E-state index in [9.17, 15) is 0 Å². The Kier molecular flexibility index (Phi) is 225. The van der Waals surface area contributed by atoms with Gasteiger partial charge in [0.2, 0.25) is 0 Å². The molecule has 0 rings (SSSR count). The molecule has 0 aromatic heterocycles. The fourth-order valence-corrected chi connectivity index (χ4v) is 0. The Bertz CT molecular complexity index is 1100. The molecular weight excluding hydrogens is 2490 g/mol. The molecule has 416 valence electrons. The van der Waals surface area contributed by atoms with Crippen molar-refractivity contribution in [1.82, 2.24) is 0 Å². The van der Waals surface area contributed by atoms with E-state index in [0.717, 1.165) is 0 Å². The fraction of sp³-hybridized carbons (Fsp3) is 0. The van der Waals surface area contributed by atoms with Gasteiger partial charge < -0.3 is 72.8 Å². The molecule has 0 unspecified atom stereocenters. The van der Waals surface area contributed by atoms with E-state index in [4.69, 9.17) is 140 Å². The summed E-state index contributed by atoms with van der Waals surface area (Å²) in [5.41, 5.74) is 0. The average Bonchev–Trinajstić information content (AvgIpc) is 2.16. The average molecular weight is 2490 g/mol. The Labute approximate surface area is 569 Å². The van der Waals surface area contributed by atoms with Crippen LogP contribution in [0.25, 0.3) is 0 Å². The van der Waals surface area contributed by atoms with Crippen molar-refractivity contribution in [1.29, 1.82) is 0 Å². The van der Waals surface area contributed by atoms with Crippen LogP contribution in [0.5, 0.6) is 0 Å². The molecule has 0 aliphatic carbocycles. The second-order valence-electron chi connectivity index (χ2n) is 3.27. The van der Waals surface area contributed by atoms with Gasteiger partial charge in [0.1, 0.15) is 0 Å². The van der Waals surface area contributed by atoms with Gasteiger partial charge in [-0.3, -0.25) is 67.3 Å². The van der Waals surface area contributed by atoms with Gasteiger partial charge in [-0.15, -0.1) is 0 Å². The van der Waals surface area contributed by atoms with E-state index in [1.807, 2.05) is 0 Å². The van der Waals surface area contributed by atoms with Gasteiger partial charge >= 0.3 is 358 Å². The van der Waals surface area contributed by atoms with Crippen molar-refractivity contribution in [3.63, 3.8) is 0 Å². The third-order valence-electron chi connectivity index (χ3n) is 0. The smallest absolute Gasteiger partial charge is 0.759 e. The molecule has 0 N–H and O–H groups in total. The molecule has 0 atom stereocenters. The summed E-state index contributed by atoms with van der Waals surface area (Å²) in [5.74, 6) is 0. The summed E-state index contributed by atoms with van der Waals surface area (Å²) in [6, 6.07) is 0. The van der Waals surface area contributed by atoms with Crippen LogP contribution >= 0.6 is 0 Å². The Morgan fingerprint density at radius 1 is 0.125 bits per heavy atom. The molecule has 0 aliphatic rings. The van der Waals surface area contributed by atoms with Gasteiger partial charge in [-0.2, -0.15) is 0 Å². The quantitative estimate of drug-likeness (QED) is 0.123. The minimum absolute atomic E-state index is 0. The molecule has 0 saturated heterocycles. The zero-order chi connectivity index (χ0) is 36.0. The summed E-state index contributed by atoms with van der Waals surface area (Å²) in [5, 5.41) is 0. The third-order valence-corrected chi connectivity index (χ3v) is 0. The van der Waals surface area contributed by atoms with Crippen LogP contribution in [-0.4, -0.2) is 140 Å². The van der Waals surface area contributed by atoms with E-state index in [0.29, 0.717) is 0 Å². The van der Waals surface area contributed by atoms with Gasteiger partial charge in [-0.05, 0) is 0 Å². The molecule has 0 bridgehead atoms. The minimum Gasteiger partial charge on any atom is -0.759 e. The van der Waals surface area contributed by atoms with E-state index < -0.39 is 83.2 Å². The van der Waals surface area contributed by atoms with Gasteiger partial charge in [0.25, 0.3) is 0 Å². The van der Waals surface area contributed by atoms with Gasteiger partial charge in [-0.25, -0.2) is 0 Å². The Hall–Kier alpha value is 10.8. The SMILES string of the molecule is O=S(=O)([O-])[O-].O=S(=O)([O-])[O-].O=S(=O)([O-])[O-].O=S(=O)([O-])[O-].O=S(=O)([O-])[O-].O=S(=O)([O-])[O-].O=S(=O)([O-])[O-].O=S(=O)([O-])[O-].[Ag+].[Ag+].[Ag+].[Ag+].[Ag+].[Ag+].[Ag+].[Ag+].[Ag+].[Ag+].[Ag+].[Ag+].[Ag+].[Ag+].[Ag+].[Ag+]. The van der Waals surface area contributed by atoms with Crippen LogP contribution in [0.2, 0.25) is 0 Å². The molecule has 0 aromatic rings. The van der Waals surface area contributed by atoms with Crippen LogP contribution in [0.4, 0.5) is 0 Å². The van der Waals surface area contributed by atoms with E-state index >= 15 is 0 Å². The molecule has 0 fully saturated rings. The molecule has 0 radical (unpaired) electrons. The molecule has 0 aromatic carbocycles. The number of hydrogen-bond donors (Lipinski definition) is 0. The summed E-state index contributed by atoms with van der Waals surface area (Å²) >= 11 is 0. The predicted molar refractivity (Wildman–Crippen MR) is 83.8 cm³/mol. The molecule has 0 spiro atoms. The summed E-state index contributed by atoms with van der Waals surface area (Å²) < 4.78 is 273. The van der Waals surface area contributed by atoms with Crippen LogP contribution in [0.15, 0.2) is 0 Å². The molecule has 0 saturated carbocycles.